The van der Waals surface area contributed by atoms with E-state index < -0.39 is 11.2 Å². The highest BCUT2D eigenvalue weighted by Crippen LogP contribution is 1.95. The van der Waals surface area contributed by atoms with Gasteiger partial charge in [-0.2, -0.15) is 0 Å². The van der Waals surface area contributed by atoms with Crippen LogP contribution >= 0.6 is 0 Å². The normalized spacial score (nSPS) is 11.0. The fourth-order valence-electron chi connectivity index (χ4n) is 1.20. The van der Waals surface area contributed by atoms with Crippen LogP contribution in [0.2, 0.25) is 0 Å². The largest absolute Gasteiger partial charge is 0.359 e. The summed E-state index contributed by atoms with van der Waals surface area (Å²) in [5, 5.41) is 14.3. The van der Waals surface area contributed by atoms with Gasteiger partial charge < -0.3 is 5.21 Å². The summed E-state index contributed by atoms with van der Waals surface area (Å²) in [4.78, 5) is 22.7. The molecule has 0 aromatic carbocycles. The first kappa shape index (κ1) is 8.48. The predicted molar refractivity (Wildman–Crippen MR) is 43.5 cm³/mol. The first-order chi connectivity index (χ1) is 6.54. The third-order valence-electron chi connectivity index (χ3n) is 1.99. The van der Waals surface area contributed by atoms with Crippen molar-refractivity contribution in [3.63, 3.8) is 0 Å². The van der Waals surface area contributed by atoms with Crippen molar-refractivity contribution in [2.24, 2.45) is 14.1 Å². The molecule has 14 heavy (non-hydrogen) atoms. The van der Waals surface area contributed by atoms with Gasteiger partial charge >= 0.3 is 22.4 Å². The van der Waals surface area contributed by atoms with E-state index in [9.17, 15) is 14.8 Å². The Kier molecular flexibility index (Phi) is 1.48. The zero-order chi connectivity index (χ0) is 10.5. The van der Waals surface area contributed by atoms with E-state index in [0.717, 1.165) is 9.13 Å². The molecule has 0 N–H and O–H groups in total. The Morgan fingerprint density at radius 3 is 2.64 bits per heavy atom. The Bertz CT molecular complexity index is 619. The second-order valence-corrected chi connectivity index (χ2v) is 2.81. The van der Waals surface area contributed by atoms with Crippen molar-refractivity contribution < 1.29 is 9.53 Å². The van der Waals surface area contributed by atoms with Gasteiger partial charge in [0.1, 0.15) is 0 Å². The Morgan fingerprint density at radius 2 is 2.00 bits per heavy atom. The summed E-state index contributed by atoms with van der Waals surface area (Å²) in [6.07, 6.45) is 0. The zero-order valence-corrected chi connectivity index (χ0v) is 7.42. The molecule has 2 heterocycles. The van der Waals surface area contributed by atoms with E-state index in [-0.39, 0.29) is 16.1 Å². The Balaban J connectivity index is 3.22. The number of hydrogen-bond donors (Lipinski definition) is 0. The van der Waals surface area contributed by atoms with Gasteiger partial charge in [-0.05, 0) is 4.90 Å². The summed E-state index contributed by atoms with van der Waals surface area (Å²) in [7, 11) is 2.67. The van der Waals surface area contributed by atoms with Crippen LogP contribution in [0.3, 0.4) is 0 Å². The molecule has 2 aromatic heterocycles. The molecule has 0 aliphatic rings. The SMILES string of the molecule is Cn1c(=O)c2c(no[15n+]2[O-])n(C)c1=O. The van der Waals surface area contributed by atoms with Crippen LogP contribution in [0.4, 0.5) is 0 Å². The molecule has 0 bridgehead atoms. The van der Waals surface area contributed by atoms with Gasteiger partial charge in [0, 0.05) is 14.1 Å². The fraction of sp³-hybridized carbons (Fsp3) is 0.333. The number of rotatable bonds is 0. The maximum Gasteiger partial charge on any atom is 0.334 e. The summed E-state index contributed by atoms with van der Waals surface area (Å²) < 4.78 is 6.10. The van der Waals surface area contributed by atoms with Crippen LogP contribution in [0, 0.1) is 5.21 Å². The number of aryl methyl sites for hydroxylation is 1. The minimum Gasteiger partial charge on any atom is -0.359 e. The van der Waals surface area contributed by atoms with E-state index in [1.807, 2.05) is 0 Å². The minimum absolute atomic E-state index is 0.0168. The second kappa shape index (κ2) is 2.44. The topological polar surface area (TPSA) is 97.0 Å². The van der Waals surface area contributed by atoms with E-state index in [0.29, 0.717) is 0 Å². The molecular formula is C6H6N4O4. The molecular weight excluding hydrogens is 193 g/mol. The molecule has 0 fully saturated rings. The molecule has 0 saturated heterocycles. The monoisotopic (exact) mass is 199 g/mol. The molecule has 74 valence electrons. The number of aromatic nitrogens is 4. The highest BCUT2D eigenvalue weighted by molar-refractivity contribution is 5.63. The Morgan fingerprint density at radius 1 is 1.36 bits per heavy atom. The van der Waals surface area contributed by atoms with E-state index in [2.05, 4.69) is 9.79 Å². The van der Waals surface area contributed by atoms with Crippen LogP contribution in [0.5, 0.6) is 0 Å². The summed E-state index contributed by atoms with van der Waals surface area (Å²) in [6, 6.07) is 0. The summed E-state index contributed by atoms with van der Waals surface area (Å²) in [5.74, 6) is 0. The molecule has 0 spiro atoms. The molecule has 0 atom stereocenters. The van der Waals surface area contributed by atoms with E-state index in [4.69, 9.17) is 0 Å². The number of nitrogens with zero attached hydrogens (tertiary/aromatic N) is 4. The first-order valence-corrected chi connectivity index (χ1v) is 3.69. The molecule has 0 unspecified atom stereocenters. The van der Waals surface area contributed by atoms with Gasteiger partial charge in [0.05, 0.1) is 5.16 Å². The smallest absolute Gasteiger partial charge is 0.334 e. The van der Waals surface area contributed by atoms with Crippen molar-refractivity contribution in [2.45, 2.75) is 0 Å². The fourth-order valence-corrected chi connectivity index (χ4v) is 1.20. The molecule has 2 rings (SSSR count). The standard InChI is InChI=1S/C6H6N4O4/c1-8-4-3(10(13)14-7-4)5(11)9(2)6(8)12/h1-2H3/i10+1. The van der Waals surface area contributed by atoms with Crippen LogP contribution in [0.15, 0.2) is 14.2 Å². The van der Waals surface area contributed by atoms with Crippen LogP contribution < -0.4 is 16.2 Å². The number of hydrogen-bond acceptors (Lipinski definition) is 5. The molecule has 0 radical (unpaired) electrons. The van der Waals surface area contributed by atoms with Crippen molar-refractivity contribution in [3.05, 3.63) is 26.0 Å². The van der Waals surface area contributed by atoms with Crippen LogP contribution in [0.1, 0.15) is 0 Å². The molecule has 0 aliphatic heterocycles. The van der Waals surface area contributed by atoms with E-state index in [1.54, 1.807) is 0 Å². The van der Waals surface area contributed by atoms with Crippen molar-refractivity contribution in [3.8, 4) is 0 Å². The molecule has 8 nitrogen and oxygen atoms in total. The Labute approximate surface area is 76.1 Å². The average Bonchev–Trinajstić information content (AvgIpc) is 2.54. The molecule has 8 heteroatoms. The third kappa shape index (κ3) is 0.817. The molecule has 0 amide bonds. The second-order valence-electron chi connectivity index (χ2n) is 2.81. The van der Waals surface area contributed by atoms with Gasteiger partial charge in [-0.15, -0.1) is 0 Å². The lowest BCUT2D eigenvalue weighted by Crippen LogP contribution is -2.41. The van der Waals surface area contributed by atoms with Crippen LogP contribution in [-0.4, -0.2) is 14.3 Å². The summed E-state index contributed by atoms with van der Waals surface area (Å²) >= 11 is 0. The lowest BCUT2D eigenvalue weighted by molar-refractivity contribution is -0.782. The van der Waals surface area contributed by atoms with Gasteiger partial charge in [0.15, 0.2) is 0 Å². The quantitative estimate of drug-likeness (QED) is 0.451. The van der Waals surface area contributed by atoms with Gasteiger partial charge in [0.25, 0.3) is 0 Å². The van der Waals surface area contributed by atoms with Crippen molar-refractivity contribution in [1.29, 1.82) is 0 Å². The van der Waals surface area contributed by atoms with Gasteiger partial charge in [-0.1, -0.05) is 0 Å². The van der Waals surface area contributed by atoms with Gasteiger partial charge in [-0.3, -0.25) is 18.6 Å². The minimum atomic E-state index is -0.723. The van der Waals surface area contributed by atoms with Gasteiger partial charge in [-0.25, -0.2) is 4.79 Å². The maximum atomic E-state index is 11.4. The summed E-state index contributed by atoms with van der Waals surface area (Å²) in [5.41, 5.74) is -1.63. The summed E-state index contributed by atoms with van der Waals surface area (Å²) in [6.45, 7) is 0. The lowest BCUT2D eigenvalue weighted by Gasteiger charge is -1.97. The van der Waals surface area contributed by atoms with Crippen molar-refractivity contribution in [1.82, 2.24) is 14.3 Å². The zero-order valence-electron chi connectivity index (χ0n) is 7.42. The highest BCUT2D eigenvalue weighted by Gasteiger charge is 2.20. The third-order valence-corrected chi connectivity index (χ3v) is 1.99. The molecule has 0 saturated carbocycles. The van der Waals surface area contributed by atoms with Gasteiger partial charge in [0.2, 0.25) is 0 Å². The lowest BCUT2D eigenvalue weighted by atomic mass is 10.5. The van der Waals surface area contributed by atoms with Crippen molar-refractivity contribution in [2.75, 3.05) is 0 Å². The maximum absolute atomic E-state index is 11.4. The Hall–Kier alpha value is -2.12. The average molecular weight is 199 g/mol. The molecule has 2 aromatic rings. The molecule has 0 aliphatic carbocycles. The van der Waals surface area contributed by atoms with E-state index in [1.165, 1.54) is 14.1 Å². The van der Waals surface area contributed by atoms with Crippen LogP contribution in [0.25, 0.3) is 11.2 Å². The predicted octanol–water partition coefficient (Wildman–Crippen LogP) is -2.14. The van der Waals surface area contributed by atoms with E-state index >= 15 is 0 Å². The van der Waals surface area contributed by atoms with Crippen molar-refractivity contribution >= 4 is 11.2 Å². The van der Waals surface area contributed by atoms with Crippen LogP contribution in [-0.2, 0) is 14.1 Å². The number of fused-ring (bicyclic) bond motifs is 1. The highest BCUT2D eigenvalue weighted by atomic mass is 17.0. The first-order valence-electron chi connectivity index (χ1n) is 3.69.